The summed E-state index contributed by atoms with van der Waals surface area (Å²) >= 11 is 0. The Morgan fingerprint density at radius 1 is 1.09 bits per heavy atom. The Balaban J connectivity index is 1.73. The average molecular weight is 315 g/mol. The van der Waals surface area contributed by atoms with E-state index in [2.05, 4.69) is 50.3 Å². The maximum absolute atomic E-state index is 5.70. The van der Waals surface area contributed by atoms with E-state index in [4.69, 9.17) is 4.74 Å². The van der Waals surface area contributed by atoms with E-state index in [0.29, 0.717) is 0 Å². The Labute approximate surface area is 143 Å². The third kappa shape index (κ3) is 6.51. The Morgan fingerprint density at radius 3 is 2.48 bits per heavy atom. The molecule has 0 heterocycles. The molecule has 1 heteroatoms. The van der Waals surface area contributed by atoms with Crippen LogP contribution in [0.2, 0.25) is 0 Å². The lowest BCUT2D eigenvalue weighted by Gasteiger charge is -2.28. The Bertz CT molecular complexity index is 438. The van der Waals surface area contributed by atoms with Crippen molar-refractivity contribution in [2.24, 2.45) is 5.92 Å². The van der Waals surface area contributed by atoms with Gasteiger partial charge in [0, 0.05) is 6.61 Å². The number of allylic oxidation sites excluding steroid dienone is 2. The van der Waals surface area contributed by atoms with Crippen LogP contribution < -0.4 is 0 Å². The molecule has 1 nitrogen and oxygen atoms in total. The summed E-state index contributed by atoms with van der Waals surface area (Å²) in [6.07, 6.45) is 15.1. The molecule has 1 aromatic rings. The lowest BCUT2D eigenvalue weighted by molar-refractivity contribution is 0.118. The van der Waals surface area contributed by atoms with Crippen molar-refractivity contribution in [3.63, 3.8) is 0 Å². The molecule has 0 unspecified atom stereocenters. The SMILES string of the molecule is C/C=C/CCC1CCC(c2ccc(COCCCC)cc2)CC1. The molecule has 0 aliphatic heterocycles. The molecule has 128 valence electrons. The summed E-state index contributed by atoms with van der Waals surface area (Å²) in [6.45, 7) is 5.97. The molecule has 0 N–H and O–H groups in total. The highest BCUT2D eigenvalue weighted by molar-refractivity contribution is 5.25. The van der Waals surface area contributed by atoms with Gasteiger partial charge in [0.15, 0.2) is 0 Å². The normalized spacial score (nSPS) is 21.8. The van der Waals surface area contributed by atoms with E-state index in [1.54, 1.807) is 0 Å². The summed E-state index contributed by atoms with van der Waals surface area (Å²) in [6, 6.07) is 9.20. The molecule has 0 bridgehead atoms. The Hall–Kier alpha value is -1.08. The first-order valence-corrected chi connectivity index (χ1v) is 9.61. The van der Waals surface area contributed by atoms with E-state index < -0.39 is 0 Å². The molecule has 0 amide bonds. The van der Waals surface area contributed by atoms with E-state index in [1.807, 2.05) is 0 Å². The minimum Gasteiger partial charge on any atom is -0.377 e. The second-order valence-electron chi connectivity index (χ2n) is 7.01. The van der Waals surface area contributed by atoms with Gasteiger partial charge in [-0.05, 0) is 74.8 Å². The second-order valence-corrected chi connectivity index (χ2v) is 7.01. The van der Waals surface area contributed by atoms with Gasteiger partial charge in [0.05, 0.1) is 6.61 Å². The summed E-state index contributed by atoms with van der Waals surface area (Å²) in [7, 11) is 0. The van der Waals surface area contributed by atoms with Crippen molar-refractivity contribution in [2.75, 3.05) is 6.61 Å². The molecule has 1 saturated carbocycles. The minimum absolute atomic E-state index is 0.762. The van der Waals surface area contributed by atoms with E-state index in [9.17, 15) is 0 Å². The molecular formula is C22H34O. The number of ether oxygens (including phenoxy) is 1. The topological polar surface area (TPSA) is 9.23 Å². The summed E-state index contributed by atoms with van der Waals surface area (Å²) < 4.78 is 5.70. The van der Waals surface area contributed by atoms with Crippen LogP contribution in [0, 0.1) is 5.92 Å². The minimum atomic E-state index is 0.762. The molecule has 0 atom stereocenters. The van der Waals surface area contributed by atoms with Gasteiger partial charge in [0.2, 0.25) is 0 Å². The maximum Gasteiger partial charge on any atom is 0.0716 e. The molecular weight excluding hydrogens is 280 g/mol. The Morgan fingerprint density at radius 2 is 1.83 bits per heavy atom. The average Bonchev–Trinajstić information content (AvgIpc) is 2.60. The molecule has 1 aliphatic rings. The number of hydrogen-bond donors (Lipinski definition) is 0. The van der Waals surface area contributed by atoms with Gasteiger partial charge in [-0.25, -0.2) is 0 Å². The van der Waals surface area contributed by atoms with Gasteiger partial charge in [0.1, 0.15) is 0 Å². The fraction of sp³-hybridized carbons (Fsp3) is 0.636. The monoisotopic (exact) mass is 314 g/mol. The van der Waals surface area contributed by atoms with Gasteiger partial charge in [-0.15, -0.1) is 0 Å². The van der Waals surface area contributed by atoms with Crippen LogP contribution in [0.4, 0.5) is 0 Å². The van der Waals surface area contributed by atoms with Crippen molar-refractivity contribution < 1.29 is 4.74 Å². The third-order valence-corrected chi connectivity index (χ3v) is 5.19. The molecule has 0 saturated heterocycles. The molecule has 1 fully saturated rings. The van der Waals surface area contributed by atoms with Gasteiger partial charge in [-0.3, -0.25) is 0 Å². The van der Waals surface area contributed by atoms with Gasteiger partial charge in [-0.1, -0.05) is 49.8 Å². The van der Waals surface area contributed by atoms with E-state index in [0.717, 1.165) is 31.5 Å². The van der Waals surface area contributed by atoms with Gasteiger partial charge < -0.3 is 4.74 Å². The van der Waals surface area contributed by atoms with Gasteiger partial charge >= 0.3 is 0 Å². The predicted molar refractivity (Wildman–Crippen MR) is 99.8 cm³/mol. The lowest BCUT2D eigenvalue weighted by Crippen LogP contribution is -2.13. The van der Waals surface area contributed by atoms with Crippen molar-refractivity contribution in [1.82, 2.24) is 0 Å². The summed E-state index contributed by atoms with van der Waals surface area (Å²) in [5.74, 6) is 1.73. The van der Waals surface area contributed by atoms with Crippen LogP contribution >= 0.6 is 0 Å². The summed E-state index contributed by atoms with van der Waals surface area (Å²) in [5, 5.41) is 0. The number of benzene rings is 1. The van der Waals surface area contributed by atoms with E-state index >= 15 is 0 Å². The molecule has 0 aromatic heterocycles. The predicted octanol–water partition coefficient (Wildman–Crippen LogP) is 6.63. The maximum atomic E-state index is 5.70. The molecule has 23 heavy (non-hydrogen) atoms. The van der Waals surface area contributed by atoms with Crippen LogP contribution in [0.25, 0.3) is 0 Å². The van der Waals surface area contributed by atoms with Crippen molar-refractivity contribution in [3.8, 4) is 0 Å². The first kappa shape index (κ1) is 18.3. The van der Waals surface area contributed by atoms with Crippen LogP contribution in [0.1, 0.15) is 82.3 Å². The second kappa shape index (κ2) is 10.6. The molecule has 1 aliphatic carbocycles. The molecule has 1 aromatic carbocycles. The largest absolute Gasteiger partial charge is 0.377 e. The summed E-state index contributed by atoms with van der Waals surface area (Å²) in [4.78, 5) is 0. The fourth-order valence-corrected chi connectivity index (χ4v) is 3.61. The van der Waals surface area contributed by atoms with Gasteiger partial charge in [0.25, 0.3) is 0 Å². The van der Waals surface area contributed by atoms with Crippen LogP contribution in [0.15, 0.2) is 36.4 Å². The number of hydrogen-bond acceptors (Lipinski definition) is 1. The van der Waals surface area contributed by atoms with Crippen molar-refractivity contribution in [2.45, 2.75) is 77.7 Å². The lowest BCUT2D eigenvalue weighted by atomic mass is 9.77. The molecule has 2 rings (SSSR count). The quantitative estimate of drug-likeness (QED) is 0.367. The zero-order chi connectivity index (χ0) is 16.3. The van der Waals surface area contributed by atoms with Crippen LogP contribution in [-0.4, -0.2) is 6.61 Å². The highest BCUT2D eigenvalue weighted by Gasteiger charge is 2.21. The first-order chi connectivity index (χ1) is 11.3. The zero-order valence-electron chi connectivity index (χ0n) is 15.1. The van der Waals surface area contributed by atoms with Gasteiger partial charge in [-0.2, -0.15) is 0 Å². The number of rotatable bonds is 9. The molecule has 0 spiro atoms. The van der Waals surface area contributed by atoms with E-state index in [-0.39, 0.29) is 0 Å². The highest BCUT2D eigenvalue weighted by Crippen LogP contribution is 2.37. The highest BCUT2D eigenvalue weighted by atomic mass is 16.5. The van der Waals surface area contributed by atoms with Crippen LogP contribution in [-0.2, 0) is 11.3 Å². The zero-order valence-corrected chi connectivity index (χ0v) is 15.1. The van der Waals surface area contributed by atoms with Crippen LogP contribution in [0.5, 0.6) is 0 Å². The van der Waals surface area contributed by atoms with Crippen molar-refractivity contribution >= 4 is 0 Å². The smallest absolute Gasteiger partial charge is 0.0716 e. The summed E-state index contributed by atoms with van der Waals surface area (Å²) in [5.41, 5.74) is 2.85. The van der Waals surface area contributed by atoms with Crippen molar-refractivity contribution in [3.05, 3.63) is 47.5 Å². The van der Waals surface area contributed by atoms with E-state index in [1.165, 1.54) is 56.1 Å². The third-order valence-electron chi connectivity index (χ3n) is 5.19. The fourth-order valence-electron chi connectivity index (χ4n) is 3.61. The molecule has 0 radical (unpaired) electrons. The van der Waals surface area contributed by atoms with Crippen molar-refractivity contribution in [1.29, 1.82) is 0 Å². The van der Waals surface area contributed by atoms with Crippen LogP contribution in [0.3, 0.4) is 0 Å². The first-order valence-electron chi connectivity index (χ1n) is 9.61. The number of unbranched alkanes of at least 4 members (excludes halogenated alkanes) is 1. The Kier molecular flexibility index (Phi) is 8.46. The standard InChI is InChI=1S/C22H34O/c1-3-5-7-8-19-9-13-21(14-10-19)22-15-11-20(12-16-22)18-23-17-6-4-2/h3,5,11-12,15-16,19,21H,4,6-10,13-14,17-18H2,1-2H3/b5-3+.